The maximum Gasteiger partial charge on any atom is 0.221 e. The zero-order valence-corrected chi connectivity index (χ0v) is 7.63. The minimum absolute atomic E-state index is 0.0345. The van der Waals surface area contributed by atoms with Gasteiger partial charge in [0.05, 0.1) is 0 Å². The van der Waals surface area contributed by atoms with Crippen molar-refractivity contribution in [3.63, 3.8) is 0 Å². The van der Waals surface area contributed by atoms with E-state index in [4.69, 9.17) is 12.2 Å². The van der Waals surface area contributed by atoms with E-state index in [9.17, 15) is 4.79 Å². The molecule has 0 rings (SSSR count). The second-order valence-corrected chi connectivity index (χ2v) is 3.06. The molecule has 0 spiro atoms. The van der Waals surface area contributed by atoms with Crippen LogP contribution in [0, 0.1) is 12.3 Å². The van der Waals surface area contributed by atoms with E-state index in [0.29, 0.717) is 12.8 Å². The summed E-state index contributed by atoms with van der Waals surface area (Å²) < 4.78 is 0. The standard InChI is InChI=1S/C9H16N2O/c1-4-5-8(3)11-9(12)6-7(2)10/h1,7-8H,5-6,10H2,2-3H3,(H,11,12). The van der Waals surface area contributed by atoms with E-state index in [-0.39, 0.29) is 18.0 Å². The highest BCUT2D eigenvalue weighted by atomic mass is 16.1. The number of amides is 1. The predicted molar refractivity (Wildman–Crippen MR) is 49.3 cm³/mol. The summed E-state index contributed by atoms with van der Waals surface area (Å²) in [7, 11) is 0. The van der Waals surface area contributed by atoms with E-state index in [1.807, 2.05) is 6.92 Å². The zero-order valence-electron chi connectivity index (χ0n) is 7.63. The lowest BCUT2D eigenvalue weighted by Crippen LogP contribution is -2.35. The third-order valence-corrected chi connectivity index (χ3v) is 1.34. The molecule has 0 aliphatic carbocycles. The van der Waals surface area contributed by atoms with Crippen molar-refractivity contribution in [1.82, 2.24) is 5.32 Å². The van der Waals surface area contributed by atoms with Crippen LogP contribution in [0.15, 0.2) is 0 Å². The van der Waals surface area contributed by atoms with Crippen molar-refractivity contribution < 1.29 is 4.79 Å². The highest BCUT2D eigenvalue weighted by Crippen LogP contribution is 1.91. The highest BCUT2D eigenvalue weighted by Gasteiger charge is 2.07. The summed E-state index contributed by atoms with van der Waals surface area (Å²) in [6.45, 7) is 3.67. The lowest BCUT2D eigenvalue weighted by Gasteiger charge is -2.11. The van der Waals surface area contributed by atoms with Crippen molar-refractivity contribution in [2.75, 3.05) is 0 Å². The van der Waals surface area contributed by atoms with E-state index < -0.39 is 0 Å². The van der Waals surface area contributed by atoms with Crippen molar-refractivity contribution in [2.45, 2.75) is 38.8 Å². The Morgan fingerprint density at radius 1 is 1.67 bits per heavy atom. The molecule has 0 aliphatic rings. The fourth-order valence-corrected chi connectivity index (χ4v) is 0.854. The fraction of sp³-hybridized carbons (Fsp3) is 0.667. The van der Waals surface area contributed by atoms with E-state index in [0.717, 1.165) is 0 Å². The van der Waals surface area contributed by atoms with Gasteiger partial charge in [-0.1, -0.05) is 0 Å². The Kier molecular flexibility index (Phi) is 5.14. The van der Waals surface area contributed by atoms with Gasteiger partial charge in [-0.05, 0) is 13.8 Å². The molecule has 3 nitrogen and oxygen atoms in total. The molecule has 0 aromatic rings. The number of carbonyl (C=O) groups is 1. The lowest BCUT2D eigenvalue weighted by molar-refractivity contribution is -0.121. The summed E-state index contributed by atoms with van der Waals surface area (Å²) in [5.74, 6) is 2.45. The van der Waals surface area contributed by atoms with Crippen molar-refractivity contribution in [1.29, 1.82) is 0 Å². The number of hydrogen-bond donors (Lipinski definition) is 2. The van der Waals surface area contributed by atoms with Gasteiger partial charge in [-0.3, -0.25) is 4.79 Å². The van der Waals surface area contributed by atoms with Crippen molar-refractivity contribution >= 4 is 5.91 Å². The monoisotopic (exact) mass is 168 g/mol. The van der Waals surface area contributed by atoms with Crippen LogP contribution in [-0.2, 0) is 4.79 Å². The molecule has 3 N–H and O–H groups in total. The van der Waals surface area contributed by atoms with Crippen LogP contribution in [0.5, 0.6) is 0 Å². The smallest absolute Gasteiger partial charge is 0.221 e. The summed E-state index contributed by atoms with van der Waals surface area (Å²) >= 11 is 0. The van der Waals surface area contributed by atoms with Crippen LogP contribution in [0.4, 0.5) is 0 Å². The molecule has 0 aromatic heterocycles. The van der Waals surface area contributed by atoms with Gasteiger partial charge in [0.1, 0.15) is 0 Å². The number of rotatable bonds is 4. The third kappa shape index (κ3) is 5.75. The molecule has 3 heteroatoms. The topological polar surface area (TPSA) is 55.1 Å². The number of hydrogen-bond acceptors (Lipinski definition) is 2. The summed E-state index contributed by atoms with van der Waals surface area (Å²) in [5.41, 5.74) is 5.44. The van der Waals surface area contributed by atoms with Crippen molar-refractivity contribution in [2.24, 2.45) is 5.73 Å². The molecule has 2 atom stereocenters. The molecule has 0 saturated heterocycles. The van der Waals surface area contributed by atoms with Crippen LogP contribution < -0.4 is 11.1 Å². The Balaban J connectivity index is 3.63. The first-order valence-electron chi connectivity index (χ1n) is 4.04. The first-order chi connectivity index (χ1) is 5.56. The molecule has 0 saturated carbocycles. The molecule has 0 fully saturated rings. The molecule has 1 amide bonds. The molecule has 0 heterocycles. The molecule has 68 valence electrons. The van der Waals surface area contributed by atoms with Crippen LogP contribution in [-0.4, -0.2) is 18.0 Å². The number of nitrogens with two attached hydrogens (primary N) is 1. The van der Waals surface area contributed by atoms with Crippen LogP contribution in [0.25, 0.3) is 0 Å². The Morgan fingerprint density at radius 3 is 2.67 bits per heavy atom. The van der Waals surface area contributed by atoms with E-state index in [2.05, 4.69) is 11.2 Å². The molecule has 2 unspecified atom stereocenters. The largest absolute Gasteiger partial charge is 0.353 e. The summed E-state index contributed by atoms with van der Waals surface area (Å²) in [6, 6.07) is -0.0516. The molecule has 0 aromatic carbocycles. The van der Waals surface area contributed by atoms with Gasteiger partial charge in [0.25, 0.3) is 0 Å². The first kappa shape index (κ1) is 11.0. The number of terminal acetylenes is 1. The SMILES string of the molecule is C#CCC(C)NC(=O)CC(C)N. The quantitative estimate of drug-likeness (QED) is 0.591. The Hall–Kier alpha value is -1.01. The van der Waals surface area contributed by atoms with Gasteiger partial charge in [-0.15, -0.1) is 12.3 Å². The van der Waals surface area contributed by atoms with Gasteiger partial charge in [0.2, 0.25) is 5.91 Å². The van der Waals surface area contributed by atoms with Crippen LogP contribution in [0.1, 0.15) is 26.7 Å². The van der Waals surface area contributed by atoms with Crippen LogP contribution in [0.3, 0.4) is 0 Å². The summed E-state index contributed by atoms with van der Waals surface area (Å²) in [5, 5.41) is 2.75. The van der Waals surface area contributed by atoms with Crippen LogP contribution >= 0.6 is 0 Å². The van der Waals surface area contributed by atoms with E-state index in [1.54, 1.807) is 6.92 Å². The Morgan fingerprint density at radius 2 is 2.25 bits per heavy atom. The maximum atomic E-state index is 11.1. The lowest BCUT2D eigenvalue weighted by atomic mass is 10.2. The molecule has 0 aliphatic heterocycles. The molecular formula is C9H16N2O. The molecule has 12 heavy (non-hydrogen) atoms. The van der Waals surface area contributed by atoms with Gasteiger partial charge in [-0.25, -0.2) is 0 Å². The average molecular weight is 168 g/mol. The maximum absolute atomic E-state index is 11.1. The van der Waals surface area contributed by atoms with Crippen LogP contribution in [0.2, 0.25) is 0 Å². The predicted octanol–water partition coefficient (Wildman–Crippen LogP) is 0.252. The molecule has 0 bridgehead atoms. The summed E-state index contributed by atoms with van der Waals surface area (Å²) in [6.07, 6.45) is 6.00. The minimum Gasteiger partial charge on any atom is -0.353 e. The van der Waals surface area contributed by atoms with Gasteiger partial charge in [0.15, 0.2) is 0 Å². The zero-order chi connectivity index (χ0) is 9.56. The molecule has 0 radical (unpaired) electrons. The van der Waals surface area contributed by atoms with E-state index in [1.165, 1.54) is 0 Å². The molecular weight excluding hydrogens is 152 g/mol. The van der Waals surface area contributed by atoms with Gasteiger partial charge in [0, 0.05) is 24.9 Å². The third-order valence-electron chi connectivity index (χ3n) is 1.34. The first-order valence-corrected chi connectivity index (χ1v) is 4.04. The van der Waals surface area contributed by atoms with E-state index >= 15 is 0 Å². The second-order valence-electron chi connectivity index (χ2n) is 3.06. The van der Waals surface area contributed by atoms with Gasteiger partial charge < -0.3 is 11.1 Å². The fourth-order valence-electron chi connectivity index (χ4n) is 0.854. The number of nitrogens with one attached hydrogen (secondary N) is 1. The van der Waals surface area contributed by atoms with Crippen molar-refractivity contribution in [3.05, 3.63) is 0 Å². The van der Waals surface area contributed by atoms with Gasteiger partial charge in [-0.2, -0.15) is 0 Å². The summed E-state index contributed by atoms with van der Waals surface area (Å²) in [4.78, 5) is 11.1. The average Bonchev–Trinajstić information content (AvgIpc) is 1.84. The second kappa shape index (κ2) is 5.62. The van der Waals surface area contributed by atoms with Crippen molar-refractivity contribution in [3.8, 4) is 12.3 Å². The minimum atomic E-state index is -0.0944. The highest BCUT2D eigenvalue weighted by molar-refractivity contribution is 5.76. The Labute approximate surface area is 73.7 Å². The van der Waals surface area contributed by atoms with Gasteiger partial charge >= 0.3 is 0 Å². The number of carbonyl (C=O) groups excluding carboxylic acids is 1. The Bertz CT molecular complexity index is 181. The normalized spacial score (nSPS) is 14.5.